The number of rotatable bonds is 4. The van der Waals surface area contributed by atoms with Gasteiger partial charge in [-0.25, -0.2) is 29.9 Å². The van der Waals surface area contributed by atoms with Gasteiger partial charge in [0.2, 0.25) is 0 Å². The Morgan fingerprint density at radius 2 is 0.935 bits per heavy atom. The molecule has 4 N–H and O–H groups in total. The van der Waals surface area contributed by atoms with Gasteiger partial charge in [-0.1, -0.05) is 91.0 Å². The summed E-state index contributed by atoms with van der Waals surface area (Å²) >= 11 is 0. The molecule has 5 heterocycles. The summed E-state index contributed by atoms with van der Waals surface area (Å²) in [6.07, 6.45) is 0.126. The molecule has 1 unspecified atom stereocenters. The predicted octanol–water partition coefficient (Wildman–Crippen LogP) is 6.16. The fourth-order valence-corrected chi connectivity index (χ4v) is 6.38. The molecule has 10 nitrogen and oxygen atoms in total. The van der Waals surface area contributed by atoms with Crippen LogP contribution >= 0.6 is 0 Å². The molecule has 4 aromatic carbocycles. The molecular weight excluding hydrogens is 576 g/mol. The first-order valence-corrected chi connectivity index (χ1v) is 15.2. The molecule has 0 saturated carbocycles. The van der Waals surface area contributed by atoms with Crippen molar-refractivity contribution in [1.82, 2.24) is 39.9 Å². The lowest BCUT2D eigenvalue weighted by Crippen LogP contribution is -2.12. The van der Waals surface area contributed by atoms with Crippen LogP contribution in [0.15, 0.2) is 91.0 Å². The highest BCUT2D eigenvalue weighted by Gasteiger charge is 2.22. The average molecular weight is 603 g/mol. The Bertz CT molecular complexity index is 2510. The molecule has 7 aromatic rings. The van der Waals surface area contributed by atoms with Gasteiger partial charge in [0, 0.05) is 43.8 Å². The Balaban J connectivity index is 1.45. The van der Waals surface area contributed by atoms with Gasteiger partial charge in [0.15, 0.2) is 23.3 Å². The van der Waals surface area contributed by atoms with Crippen molar-refractivity contribution in [2.24, 2.45) is 0 Å². The van der Waals surface area contributed by atoms with E-state index in [1.807, 2.05) is 91.0 Å². The number of nitrogens with zero attached hydrogens (tertiary/aromatic N) is 6. The molecule has 3 aromatic heterocycles. The molecule has 2 aliphatic rings. The number of hydrogen-bond acceptors (Lipinski definition) is 8. The topological polar surface area (TPSA) is 149 Å². The van der Waals surface area contributed by atoms with Crippen molar-refractivity contribution in [2.75, 3.05) is 6.61 Å². The average Bonchev–Trinajstić information content (AvgIpc) is 3.83. The molecule has 222 valence electrons. The second-order valence-electron chi connectivity index (χ2n) is 11.5. The summed E-state index contributed by atoms with van der Waals surface area (Å²) in [5.41, 5.74) is 6.98. The number of aliphatic hydroxyl groups excluding tert-OH is 2. The number of aromatic amines is 2. The third-order valence-corrected chi connectivity index (χ3v) is 8.62. The van der Waals surface area contributed by atoms with Gasteiger partial charge in [0.1, 0.15) is 22.6 Å². The molecule has 1 atom stereocenters. The molecule has 0 amide bonds. The van der Waals surface area contributed by atoms with E-state index in [-0.39, 0.29) is 6.61 Å². The first-order chi connectivity index (χ1) is 22.6. The van der Waals surface area contributed by atoms with E-state index in [0.717, 1.165) is 49.4 Å². The van der Waals surface area contributed by atoms with Crippen molar-refractivity contribution in [2.45, 2.75) is 18.9 Å². The summed E-state index contributed by atoms with van der Waals surface area (Å²) in [4.78, 5) is 37.1. The van der Waals surface area contributed by atoms with E-state index in [0.29, 0.717) is 58.7 Å². The molecule has 0 radical (unpaired) electrons. The third-order valence-electron chi connectivity index (χ3n) is 8.62. The number of H-pyrrole nitrogens is 2. The van der Waals surface area contributed by atoms with Crippen molar-refractivity contribution < 1.29 is 10.2 Å². The fraction of sp³-hybridized carbons (Fsp3) is 0.111. The molecular formula is C36H26N8O2. The summed E-state index contributed by atoms with van der Waals surface area (Å²) in [6, 6.07) is 29.9. The van der Waals surface area contributed by atoms with E-state index < -0.39 is 6.10 Å². The quantitative estimate of drug-likeness (QED) is 0.187. The molecule has 8 bridgehead atoms. The Kier molecular flexibility index (Phi) is 5.99. The van der Waals surface area contributed by atoms with Gasteiger partial charge in [0.25, 0.3) is 0 Å². The van der Waals surface area contributed by atoms with Crippen molar-refractivity contribution >= 4 is 44.1 Å². The lowest BCUT2D eigenvalue weighted by Gasteiger charge is -2.07. The van der Waals surface area contributed by atoms with E-state index in [1.165, 1.54) is 0 Å². The van der Waals surface area contributed by atoms with Crippen molar-refractivity contribution in [1.29, 1.82) is 0 Å². The summed E-state index contributed by atoms with van der Waals surface area (Å²) in [6.45, 7) is -0.294. The smallest absolute Gasteiger partial charge is 0.164 e. The zero-order chi connectivity index (χ0) is 30.8. The van der Waals surface area contributed by atoms with Crippen LogP contribution in [0.1, 0.15) is 12.0 Å². The maximum Gasteiger partial charge on any atom is 0.164 e. The van der Waals surface area contributed by atoms with Crippen LogP contribution in [0, 0.1) is 0 Å². The molecule has 9 rings (SSSR count). The molecule has 0 fully saturated rings. The Morgan fingerprint density at radius 1 is 0.500 bits per heavy atom. The number of aryl methyl sites for hydroxylation is 1. The van der Waals surface area contributed by atoms with Crippen LogP contribution in [0.4, 0.5) is 0 Å². The van der Waals surface area contributed by atoms with Gasteiger partial charge in [-0.15, -0.1) is 0 Å². The van der Waals surface area contributed by atoms with Crippen LogP contribution in [0.3, 0.4) is 0 Å². The van der Waals surface area contributed by atoms with E-state index in [2.05, 4.69) is 9.97 Å². The lowest BCUT2D eigenvalue weighted by atomic mass is 10.0. The summed E-state index contributed by atoms with van der Waals surface area (Å²) < 4.78 is 0. The van der Waals surface area contributed by atoms with Crippen molar-refractivity contribution in [3.63, 3.8) is 0 Å². The number of benzene rings is 4. The second kappa shape index (κ2) is 10.4. The molecule has 10 heteroatoms. The minimum Gasteiger partial charge on any atom is -0.394 e. The van der Waals surface area contributed by atoms with Crippen molar-refractivity contribution in [3.05, 3.63) is 96.6 Å². The van der Waals surface area contributed by atoms with E-state index in [4.69, 9.17) is 29.9 Å². The van der Waals surface area contributed by atoms with Gasteiger partial charge in [-0.3, -0.25) is 0 Å². The highest BCUT2D eigenvalue weighted by Crippen LogP contribution is 2.37. The Labute approximate surface area is 261 Å². The van der Waals surface area contributed by atoms with E-state index >= 15 is 0 Å². The van der Waals surface area contributed by atoms with Crippen molar-refractivity contribution in [3.8, 4) is 45.6 Å². The van der Waals surface area contributed by atoms with Crippen LogP contribution in [0.5, 0.6) is 0 Å². The van der Waals surface area contributed by atoms with Gasteiger partial charge in [-0.2, -0.15) is 0 Å². The van der Waals surface area contributed by atoms with Crippen LogP contribution in [-0.2, 0) is 6.42 Å². The molecule has 0 spiro atoms. The second-order valence-corrected chi connectivity index (χ2v) is 11.5. The zero-order valence-corrected chi connectivity index (χ0v) is 24.4. The van der Waals surface area contributed by atoms with Crippen LogP contribution in [-0.4, -0.2) is 62.8 Å². The van der Waals surface area contributed by atoms with Gasteiger partial charge in [0.05, 0.1) is 12.7 Å². The van der Waals surface area contributed by atoms with Gasteiger partial charge < -0.3 is 20.2 Å². The van der Waals surface area contributed by atoms with Gasteiger partial charge in [-0.05, 0) is 18.4 Å². The Morgan fingerprint density at radius 3 is 1.46 bits per heavy atom. The number of hydrogen-bond donors (Lipinski definition) is 4. The van der Waals surface area contributed by atoms with E-state index in [9.17, 15) is 10.2 Å². The summed E-state index contributed by atoms with van der Waals surface area (Å²) in [5, 5.41) is 23.2. The Hall–Kier alpha value is -5.84. The predicted molar refractivity (Wildman–Crippen MR) is 177 cm³/mol. The highest BCUT2D eigenvalue weighted by molar-refractivity contribution is 6.07. The first kappa shape index (κ1) is 26.6. The van der Waals surface area contributed by atoms with Gasteiger partial charge >= 0.3 is 0 Å². The fourth-order valence-electron chi connectivity index (χ4n) is 6.38. The minimum atomic E-state index is -0.815. The standard InChI is InChI=1S/C36H26N8O2/c45-18-20(46)17-16-19-8-7-15-27-28(19)36-43-34-26-14-6-5-13-25(26)32(41-34)39-30-22-10-2-1-9-21(22)29(37-30)38-31-23-11-3-4-12-24(23)33(40-31)42-35(27)44-36/h1-15,20,45-46H,16-18H2,(H2,37,38,39,40,41,42,43,44). The molecule has 2 aliphatic heterocycles. The first-order valence-electron chi connectivity index (χ1n) is 15.2. The minimum absolute atomic E-state index is 0.294. The monoisotopic (exact) mass is 602 g/mol. The zero-order valence-electron chi connectivity index (χ0n) is 24.4. The number of aromatic nitrogens is 8. The van der Waals surface area contributed by atoms with E-state index in [1.54, 1.807) is 0 Å². The summed E-state index contributed by atoms with van der Waals surface area (Å²) in [7, 11) is 0. The SMILES string of the molecule is OCC(O)CCc1cccc2c3nc4nc(nc5[nH]c(nc6nc(nc([nH]3)c12)-c1ccccc1-6)c1ccccc51)-c1ccccc1-4. The molecule has 0 aliphatic carbocycles. The lowest BCUT2D eigenvalue weighted by molar-refractivity contribution is 0.0886. The van der Waals surface area contributed by atoms with Crippen LogP contribution in [0.2, 0.25) is 0 Å². The molecule has 0 saturated heterocycles. The normalized spacial score (nSPS) is 12.7. The third kappa shape index (κ3) is 4.19. The van der Waals surface area contributed by atoms with Crippen LogP contribution in [0.25, 0.3) is 89.7 Å². The highest BCUT2D eigenvalue weighted by atomic mass is 16.3. The largest absolute Gasteiger partial charge is 0.394 e. The summed E-state index contributed by atoms with van der Waals surface area (Å²) in [5.74, 6) is 2.17. The maximum atomic E-state index is 10.2. The number of fused-ring (bicyclic) bond motifs is 20. The molecule has 46 heavy (non-hydrogen) atoms. The van der Waals surface area contributed by atoms with Crippen LogP contribution < -0.4 is 0 Å². The number of nitrogens with one attached hydrogen (secondary N) is 2. The maximum absolute atomic E-state index is 10.2. The number of aliphatic hydroxyl groups is 2.